The molecular formula is C14H23N3O4. The first-order chi connectivity index (χ1) is 9.93. The molecule has 2 aliphatic heterocycles. The Hall–Kier alpha value is -1.63. The van der Waals surface area contributed by atoms with Crippen molar-refractivity contribution in [2.45, 2.75) is 45.3 Å². The SMILES string of the molecule is CCC1(CC)NC(=O)N(CC(=O)N2CCOC(C)C2)C1=O. The lowest BCUT2D eigenvalue weighted by molar-refractivity contribution is -0.143. The summed E-state index contributed by atoms with van der Waals surface area (Å²) in [7, 11) is 0. The summed E-state index contributed by atoms with van der Waals surface area (Å²) in [4.78, 5) is 39.4. The van der Waals surface area contributed by atoms with Gasteiger partial charge in [-0.15, -0.1) is 0 Å². The van der Waals surface area contributed by atoms with Crippen LogP contribution in [0.15, 0.2) is 0 Å². The Morgan fingerprint density at radius 3 is 2.57 bits per heavy atom. The van der Waals surface area contributed by atoms with Crippen molar-refractivity contribution in [3.05, 3.63) is 0 Å². The molecule has 118 valence electrons. The summed E-state index contributed by atoms with van der Waals surface area (Å²) >= 11 is 0. The van der Waals surface area contributed by atoms with Crippen molar-refractivity contribution in [3.8, 4) is 0 Å². The second kappa shape index (κ2) is 6.01. The van der Waals surface area contributed by atoms with Crippen molar-refractivity contribution in [2.75, 3.05) is 26.2 Å². The van der Waals surface area contributed by atoms with Gasteiger partial charge in [-0.05, 0) is 19.8 Å². The number of carbonyl (C=O) groups excluding carboxylic acids is 3. The molecule has 7 heteroatoms. The average Bonchev–Trinajstić information content (AvgIpc) is 2.72. The van der Waals surface area contributed by atoms with E-state index in [-0.39, 0.29) is 24.5 Å². The number of carbonyl (C=O) groups is 3. The van der Waals surface area contributed by atoms with E-state index in [0.717, 1.165) is 4.90 Å². The Balaban J connectivity index is 2.04. The van der Waals surface area contributed by atoms with Crippen molar-refractivity contribution in [3.63, 3.8) is 0 Å². The first kappa shape index (κ1) is 15.8. The van der Waals surface area contributed by atoms with Gasteiger partial charge >= 0.3 is 6.03 Å². The van der Waals surface area contributed by atoms with Crippen molar-refractivity contribution < 1.29 is 19.1 Å². The molecular weight excluding hydrogens is 274 g/mol. The molecule has 2 aliphatic rings. The predicted molar refractivity (Wildman–Crippen MR) is 75.6 cm³/mol. The van der Waals surface area contributed by atoms with Crippen LogP contribution in [0.1, 0.15) is 33.6 Å². The van der Waals surface area contributed by atoms with Crippen LogP contribution in [0, 0.1) is 0 Å². The van der Waals surface area contributed by atoms with Gasteiger partial charge in [0.1, 0.15) is 12.1 Å². The number of amides is 4. The number of imide groups is 1. The van der Waals surface area contributed by atoms with E-state index in [0.29, 0.717) is 32.5 Å². The first-order valence-electron chi connectivity index (χ1n) is 7.47. The van der Waals surface area contributed by atoms with Gasteiger partial charge < -0.3 is 15.0 Å². The van der Waals surface area contributed by atoms with E-state index >= 15 is 0 Å². The maximum absolute atomic E-state index is 12.4. The molecule has 4 amide bonds. The summed E-state index contributed by atoms with van der Waals surface area (Å²) in [5, 5.41) is 2.73. The molecule has 21 heavy (non-hydrogen) atoms. The highest BCUT2D eigenvalue weighted by Crippen LogP contribution is 2.24. The van der Waals surface area contributed by atoms with Crippen LogP contribution < -0.4 is 5.32 Å². The highest BCUT2D eigenvalue weighted by atomic mass is 16.5. The fourth-order valence-electron chi connectivity index (χ4n) is 2.83. The van der Waals surface area contributed by atoms with Gasteiger partial charge in [0.25, 0.3) is 5.91 Å². The summed E-state index contributed by atoms with van der Waals surface area (Å²) < 4.78 is 5.38. The Kier molecular flexibility index (Phi) is 4.51. The molecule has 1 unspecified atom stereocenters. The summed E-state index contributed by atoms with van der Waals surface area (Å²) in [5.41, 5.74) is -0.852. The third-order valence-electron chi connectivity index (χ3n) is 4.34. The highest BCUT2D eigenvalue weighted by molar-refractivity contribution is 6.08. The average molecular weight is 297 g/mol. The predicted octanol–water partition coefficient (Wildman–Crippen LogP) is 0.344. The van der Waals surface area contributed by atoms with Crippen LogP contribution in [-0.4, -0.2) is 65.5 Å². The van der Waals surface area contributed by atoms with Crippen LogP contribution in [0.5, 0.6) is 0 Å². The van der Waals surface area contributed by atoms with Gasteiger partial charge in [-0.1, -0.05) is 13.8 Å². The highest BCUT2D eigenvalue weighted by Gasteiger charge is 2.49. The van der Waals surface area contributed by atoms with Gasteiger partial charge in [0.2, 0.25) is 5.91 Å². The molecule has 2 fully saturated rings. The molecule has 0 aromatic rings. The van der Waals surface area contributed by atoms with E-state index in [1.807, 2.05) is 20.8 Å². The monoisotopic (exact) mass is 297 g/mol. The van der Waals surface area contributed by atoms with Crippen molar-refractivity contribution in [2.24, 2.45) is 0 Å². The molecule has 0 aliphatic carbocycles. The van der Waals surface area contributed by atoms with Crippen LogP contribution in [0.4, 0.5) is 4.79 Å². The largest absolute Gasteiger partial charge is 0.375 e. The smallest absolute Gasteiger partial charge is 0.325 e. The molecule has 2 rings (SSSR count). The fourth-order valence-corrected chi connectivity index (χ4v) is 2.83. The lowest BCUT2D eigenvalue weighted by Gasteiger charge is -2.32. The minimum atomic E-state index is -0.852. The van der Waals surface area contributed by atoms with Gasteiger partial charge in [0.05, 0.1) is 12.7 Å². The lowest BCUT2D eigenvalue weighted by Crippen LogP contribution is -2.50. The molecule has 7 nitrogen and oxygen atoms in total. The van der Waals surface area contributed by atoms with E-state index in [1.54, 1.807) is 4.90 Å². The molecule has 0 bridgehead atoms. The third kappa shape index (κ3) is 2.88. The quantitative estimate of drug-likeness (QED) is 0.759. The molecule has 0 aromatic heterocycles. The summed E-state index contributed by atoms with van der Waals surface area (Å²) in [6, 6.07) is -0.474. The maximum atomic E-state index is 12.4. The standard InChI is InChI=1S/C14H23N3O4/c1-4-14(5-2)12(19)17(13(20)15-14)9-11(18)16-6-7-21-10(3)8-16/h10H,4-9H2,1-3H3,(H,15,20). The normalized spacial score (nSPS) is 25.2. The Labute approximate surface area is 124 Å². The number of nitrogens with zero attached hydrogens (tertiary/aromatic N) is 2. The molecule has 2 heterocycles. The fraction of sp³-hybridized carbons (Fsp3) is 0.786. The number of hydrogen-bond donors (Lipinski definition) is 1. The van der Waals surface area contributed by atoms with Gasteiger partial charge in [-0.3, -0.25) is 14.5 Å². The van der Waals surface area contributed by atoms with Crippen LogP contribution in [0.2, 0.25) is 0 Å². The molecule has 0 spiro atoms. The Morgan fingerprint density at radius 1 is 1.38 bits per heavy atom. The Morgan fingerprint density at radius 2 is 2.05 bits per heavy atom. The number of rotatable bonds is 4. The van der Waals surface area contributed by atoms with E-state index in [9.17, 15) is 14.4 Å². The molecule has 2 saturated heterocycles. The van der Waals surface area contributed by atoms with E-state index < -0.39 is 11.6 Å². The minimum Gasteiger partial charge on any atom is -0.375 e. The summed E-state index contributed by atoms with van der Waals surface area (Å²) in [5.74, 6) is -0.510. The zero-order valence-electron chi connectivity index (χ0n) is 12.8. The number of nitrogens with one attached hydrogen (secondary N) is 1. The van der Waals surface area contributed by atoms with Crippen molar-refractivity contribution >= 4 is 17.8 Å². The third-order valence-corrected chi connectivity index (χ3v) is 4.34. The van der Waals surface area contributed by atoms with Gasteiger partial charge in [-0.2, -0.15) is 0 Å². The number of urea groups is 1. The topological polar surface area (TPSA) is 79.0 Å². The van der Waals surface area contributed by atoms with Crippen LogP contribution in [-0.2, 0) is 14.3 Å². The lowest BCUT2D eigenvalue weighted by atomic mass is 9.93. The molecule has 1 atom stereocenters. The van der Waals surface area contributed by atoms with E-state index in [4.69, 9.17) is 4.74 Å². The van der Waals surface area contributed by atoms with Crippen LogP contribution >= 0.6 is 0 Å². The first-order valence-corrected chi connectivity index (χ1v) is 7.47. The van der Waals surface area contributed by atoms with E-state index in [1.165, 1.54) is 0 Å². The van der Waals surface area contributed by atoms with E-state index in [2.05, 4.69) is 5.32 Å². The second-order valence-electron chi connectivity index (χ2n) is 5.63. The van der Waals surface area contributed by atoms with Crippen LogP contribution in [0.25, 0.3) is 0 Å². The number of ether oxygens (including phenoxy) is 1. The zero-order chi connectivity index (χ0) is 15.6. The van der Waals surface area contributed by atoms with Crippen molar-refractivity contribution in [1.29, 1.82) is 0 Å². The zero-order valence-corrected chi connectivity index (χ0v) is 12.8. The van der Waals surface area contributed by atoms with Crippen LogP contribution in [0.3, 0.4) is 0 Å². The Bertz CT molecular complexity index is 448. The van der Waals surface area contributed by atoms with Crippen molar-refractivity contribution in [1.82, 2.24) is 15.1 Å². The molecule has 0 saturated carbocycles. The molecule has 1 N–H and O–H groups in total. The van der Waals surface area contributed by atoms with Gasteiger partial charge in [0, 0.05) is 13.1 Å². The minimum absolute atomic E-state index is 0.0174. The summed E-state index contributed by atoms with van der Waals surface area (Å²) in [6.07, 6.45) is 1.02. The molecule has 0 aromatic carbocycles. The van der Waals surface area contributed by atoms with Gasteiger partial charge in [0.15, 0.2) is 0 Å². The number of morpholine rings is 1. The maximum Gasteiger partial charge on any atom is 0.325 e. The second-order valence-corrected chi connectivity index (χ2v) is 5.63. The number of hydrogen-bond acceptors (Lipinski definition) is 4. The molecule has 0 radical (unpaired) electrons. The van der Waals surface area contributed by atoms with Gasteiger partial charge in [-0.25, -0.2) is 4.79 Å². The summed E-state index contributed by atoms with van der Waals surface area (Å²) in [6.45, 7) is 6.90.